The van der Waals surface area contributed by atoms with E-state index in [4.69, 9.17) is 4.42 Å². The molecule has 1 aliphatic heterocycles. The Kier molecular flexibility index (Phi) is 6.97. The van der Waals surface area contributed by atoms with Crippen LogP contribution < -0.4 is 10.6 Å². The molecule has 2 heterocycles. The highest BCUT2D eigenvalue weighted by atomic mass is 32.2. The molecule has 0 radical (unpaired) electrons. The van der Waals surface area contributed by atoms with Crippen molar-refractivity contribution in [1.82, 2.24) is 15.5 Å². The van der Waals surface area contributed by atoms with Crippen LogP contribution in [0.25, 0.3) is 0 Å². The van der Waals surface area contributed by atoms with Gasteiger partial charge in [-0.25, -0.2) is 8.42 Å². The van der Waals surface area contributed by atoms with Crippen LogP contribution in [0.1, 0.15) is 35.8 Å². The summed E-state index contributed by atoms with van der Waals surface area (Å²) in [4.78, 5) is 7.12. The first-order valence-corrected chi connectivity index (χ1v) is 11.8. The van der Waals surface area contributed by atoms with E-state index in [1.54, 1.807) is 19.4 Å². The first kappa shape index (κ1) is 21.4. The fourth-order valence-corrected chi connectivity index (χ4v) is 4.74. The minimum Gasteiger partial charge on any atom is -0.468 e. The van der Waals surface area contributed by atoms with Gasteiger partial charge in [0.25, 0.3) is 0 Å². The number of sulfone groups is 1. The summed E-state index contributed by atoms with van der Waals surface area (Å²) in [6, 6.07) is 9.51. The van der Waals surface area contributed by atoms with Crippen molar-refractivity contribution in [3.63, 3.8) is 0 Å². The molecule has 158 valence electrons. The Hall–Kier alpha value is -2.32. The molecule has 2 aromatic rings. The summed E-state index contributed by atoms with van der Waals surface area (Å²) in [7, 11) is -1.46. The summed E-state index contributed by atoms with van der Waals surface area (Å²) in [5.41, 5.74) is 1.75. The largest absolute Gasteiger partial charge is 0.468 e. The molecular weight excluding hydrogens is 388 g/mol. The zero-order valence-corrected chi connectivity index (χ0v) is 18.1. The molecule has 0 amide bonds. The summed E-state index contributed by atoms with van der Waals surface area (Å²) in [6.07, 6.45) is 5.38. The average Bonchev–Trinajstić information content (AvgIpc) is 3.38. The van der Waals surface area contributed by atoms with Crippen molar-refractivity contribution in [2.45, 2.75) is 37.2 Å². The summed E-state index contributed by atoms with van der Waals surface area (Å²) >= 11 is 0. The van der Waals surface area contributed by atoms with Crippen molar-refractivity contribution in [3.05, 3.63) is 53.5 Å². The van der Waals surface area contributed by atoms with Crippen LogP contribution in [0.2, 0.25) is 0 Å². The molecule has 1 fully saturated rings. The van der Waals surface area contributed by atoms with Crippen molar-refractivity contribution >= 4 is 15.8 Å². The van der Waals surface area contributed by atoms with E-state index in [0.717, 1.165) is 30.0 Å². The first-order valence-electron chi connectivity index (χ1n) is 9.90. The third kappa shape index (κ3) is 5.61. The van der Waals surface area contributed by atoms with Crippen molar-refractivity contribution in [3.8, 4) is 0 Å². The van der Waals surface area contributed by atoms with Crippen molar-refractivity contribution in [2.75, 3.05) is 32.9 Å². The van der Waals surface area contributed by atoms with Crippen LogP contribution in [-0.2, 0) is 16.4 Å². The van der Waals surface area contributed by atoms with E-state index < -0.39 is 9.84 Å². The van der Waals surface area contributed by atoms with Crippen LogP contribution in [0.5, 0.6) is 0 Å². The molecule has 29 heavy (non-hydrogen) atoms. The van der Waals surface area contributed by atoms with E-state index >= 15 is 0 Å². The predicted octanol–water partition coefficient (Wildman–Crippen LogP) is 2.49. The second kappa shape index (κ2) is 9.45. The summed E-state index contributed by atoms with van der Waals surface area (Å²) < 4.78 is 29.2. The maximum atomic E-state index is 11.8. The lowest BCUT2D eigenvalue weighted by molar-refractivity contribution is 0.215. The Morgan fingerprint density at radius 3 is 2.59 bits per heavy atom. The zero-order chi connectivity index (χ0) is 20.9. The Morgan fingerprint density at radius 2 is 2.00 bits per heavy atom. The van der Waals surface area contributed by atoms with Gasteiger partial charge in [0.2, 0.25) is 0 Å². The molecule has 1 aromatic heterocycles. The van der Waals surface area contributed by atoms with Gasteiger partial charge in [-0.2, -0.15) is 0 Å². The third-order valence-electron chi connectivity index (χ3n) is 5.24. The normalized spacial score (nSPS) is 16.7. The van der Waals surface area contributed by atoms with Crippen LogP contribution in [0.15, 0.2) is 50.9 Å². The number of benzene rings is 1. The van der Waals surface area contributed by atoms with Gasteiger partial charge in [-0.05, 0) is 62.2 Å². The third-order valence-corrected chi connectivity index (χ3v) is 6.50. The molecule has 0 spiro atoms. The van der Waals surface area contributed by atoms with Gasteiger partial charge in [-0.3, -0.25) is 9.89 Å². The quantitative estimate of drug-likeness (QED) is 0.531. The van der Waals surface area contributed by atoms with E-state index in [1.807, 2.05) is 31.2 Å². The van der Waals surface area contributed by atoms with Gasteiger partial charge >= 0.3 is 0 Å². The fraction of sp³-hybridized carbons (Fsp3) is 0.476. The highest BCUT2D eigenvalue weighted by molar-refractivity contribution is 7.90. The molecule has 8 heteroatoms. The van der Waals surface area contributed by atoms with Crippen LogP contribution >= 0.6 is 0 Å². The van der Waals surface area contributed by atoms with Crippen LogP contribution in [0.4, 0.5) is 0 Å². The second-order valence-corrected chi connectivity index (χ2v) is 9.44. The molecule has 0 saturated carbocycles. The molecule has 1 saturated heterocycles. The van der Waals surface area contributed by atoms with Gasteiger partial charge < -0.3 is 15.1 Å². The Balaban J connectivity index is 1.60. The molecule has 1 atom stereocenters. The van der Waals surface area contributed by atoms with E-state index in [9.17, 15) is 8.42 Å². The van der Waals surface area contributed by atoms with Gasteiger partial charge in [0.1, 0.15) is 5.76 Å². The molecule has 2 N–H and O–H groups in total. The van der Waals surface area contributed by atoms with Crippen molar-refractivity contribution in [2.24, 2.45) is 4.99 Å². The standard InChI is InChI=1S/C21H30N4O3S/c1-16-13-17(8-9-20(16)29(3,26)27)14-23-21(22-2)24-15-18(19-7-6-12-28-19)25-10-4-5-11-25/h6-9,12-13,18H,4-5,10-11,14-15H2,1-3H3,(H2,22,23,24). The predicted molar refractivity (Wildman–Crippen MR) is 115 cm³/mol. The van der Waals surface area contributed by atoms with E-state index in [-0.39, 0.29) is 6.04 Å². The molecule has 1 unspecified atom stereocenters. The van der Waals surface area contributed by atoms with Gasteiger partial charge in [-0.15, -0.1) is 0 Å². The van der Waals surface area contributed by atoms with Crippen molar-refractivity contribution in [1.29, 1.82) is 0 Å². The lowest BCUT2D eigenvalue weighted by atomic mass is 10.1. The number of likely N-dealkylation sites (tertiary alicyclic amines) is 1. The molecule has 1 aliphatic rings. The Labute approximate surface area is 173 Å². The minimum atomic E-state index is -3.20. The first-order chi connectivity index (χ1) is 13.9. The van der Waals surface area contributed by atoms with Crippen LogP contribution in [-0.4, -0.2) is 52.2 Å². The number of aliphatic imine (C=N–C) groups is 1. The second-order valence-electron chi connectivity index (χ2n) is 7.45. The summed E-state index contributed by atoms with van der Waals surface area (Å²) in [5, 5.41) is 6.70. The maximum absolute atomic E-state index is 11.8. The SMILES string of the molecule is CN=C(NCc1ccc(S(C)(=O)=O)c(C)c1)NCC(c1ccco1)N1CCCC1. The van der Waals surface area contributed by atoms with Gasteiger partial charge in [-0.1, -0.05) is 12.1 Å². The van der Waals surface area contributed by atoms with Gasteiger partial charge in [0.15, 0.2) is 15.8 Å². The van der Waals surface area contributed by atoms with E-state index in [1.165, 1.54) is 19.1 Å². The number of furan rings is 1. The summed E-state index contributed by atoms with van der Waals surface area (Å²) in [5.74, 6) is 1.66. The van der Waals surface area contributed by atoms with E-state index in [2.05, 4.69) is 20.5 Å². The number of nitrogens with one attached hydrogen (secondary N) is 2. The number of aryl methyl sites for hydroxylation is 1. The summed E-state index contributed by atoms with van der Waals surface area (Å²) in [6.45, 7) is 5.21. The number of hydrogen-bond acceptors (Lipinski definition) is 5. The molecule has 7 nitrogen and oxygen atoms in total. The molecule has 0 bridgehead atoms. The molecule has 3 rings (SSSR count). The highest BCUT2D eigenvalue weighted by Gasteiger charge is 2.25. The zero-order valence-electron chi connectivity index (χ0n) is 17.3. The lowest BCUT2D eigenvalue weighted by Crippen LogP contribution is -2.42. The molecular formula is C21H30N4O3S. The number of rotatable bonds is 7. The maximum Gasteiger partial charge on any atom is 0.191 e. The highest BCUT2D eigenvalue weighted by Crippen LogP contribution is 2.24. The number of guanidine groups is 1. The smallest absolute Gasteiger partial charge is 0.191 e. The van der Waals surface area contributed by atoms with Crippen LogP contribution in [0, 0.1) is 6.92 Å². The van der Waals surface area contributed by atoms with Gasteiger partial charge in [0.05, 0.1) is 17.2 Å². The Morgan fingerprint density at radius 1 is 1.24 bits per heavy atom. The molecule has 0 aliphatic carbocycles. The topological polar surface area (TPSA) is 86.9 Å². The van der Waals surface area contributed by atoms with Crippen molar-refractivity contribution < 1.29 is 12.8 Å². The number of hydrogen-bond donors (Lipinski definition) is 2. The fourth-order valence-electron chi connectivity index (χ4n) is 3.78. The van der Waals surface area contributed by atoms with Gasteiger partial charge in [0, 0.05) is 26.4 Å². The van der Waals surface area contributed by atoms with Crippen LogP contribution in [0.3, 0.4) is 0 Å². The molecule has 1 aromatic carbocycles. The Bertz CT molecular complexity index is 933. The van der Waals surface area contributed by atoms with E-state index in [0.29, 0.717) is 23.9 Å². The average molecular weight is 419 g/mol. The minimum absolute atomic E-state index is 0.169. The monoisotopic (exact) mass is 418 g/mol. The number of nitrogens with zero attached hydrogens (tertiary/aromatic N) is 2. The lowest BCUT2D eigenvalue weighted by Gasteiger charge is -2.26.